The zero-order valence-corrected chi connectivity index (χ0v) is 17.1. The molecule has 0 amide bonds. The molecule has 0 radical (unpaired) electrons. The van der Waals surface area contributed by atoms with Crippen molar-refractivity contribution in [2.24, 2.45) is 4.99 Å². The molecule has 1 saturated heterocycles. The van der Waals surface area contributed by atoms with Crippen molar-refractivity contribution in [3.63, 3.8) is 0 Å². The fraction of sp³-hybridized carbons (Fsp3) is 0.450. The van der Waals surface area contributed by atoms with Gasteiger partial charge in [-0.05, 0) is 25.1 Å². The van der Waals surface area contributed by atoms with Gasteiger partial charge in [0.25, 0.3) is 0 Å². The molecule has 1 aromatic carbocycles. The lowest BCUT2D eigenvalue weighted by atomic mass is 10.2. The minimum absolute atomic E-state index is 0.0648. The van der Waals surface area contributed by atoms with Gasteiger partial charge in [-0.1, -0.05) is 0 Å². The van der Waals surface area contributed by atoms with Gasteiger partial charge in [-0.3, -0.25) is 0 Å². The number of hydrogen-bond donors (Lipinski definition) is 1. The highest BCUT2D eigenvalue weighted by Gasteiger charge is 2.21. The quantitative estimate of drug-likeness (QED) is 0.544. The van der Waals surface area contributed by atoms with Crippen LogP contribution in [0.25, 0.3) is 0 Å². The first kappa shape index (κ1) is 21.5. The number of nitrogens with one attached hydrogen (secondary N) is 1. The summed E-state index contributed by atoms with van der Waals surface area (Å²) >= 11 is 0. The summed E-state index contributed by atoms with van der Waals surface area (Å²) in [4.78, 5) is 17.5. The Balaban J connectivity index is 1.69. The summed E-state index contributed by atoms with van der Waals surface area (Å²) in [7, 11) is 1.47. The molecule has 1 N–H and O–H groups in total. The molecule has 1 aliphatic heterocycles. The Morgan fingerprint density at radius 3 is 2.57 bits per heavy atom. The van der Waals surface area contributed by atoms with E-state index in [0.717, 1.165) is 32.1 Å². The van der Waals surface area contributed by atoms with Gasteiger partial charge in [-0.25, -0.2) is 15.0 Å². The van der Waals surface area contributed by atoms with Gasteiger partial charge in [0.05, 0.1) is 13.7 Å². The summed E-state index contributed by atoms with van der Waals surface area (Å²) < 4.78 is 35.3. The van der Waals surface area contributed by atoms with Crippen molar-refractivity contribution in [1.82, 2.24) is 20.2 Å². The van der Waals surface area contributed by atoms with Gasteiger partial charge in [0.1, 0.15) is 11.5 Å². The number of alkyl halides is 2. The van der Waals surface area contributed by atoms with Crippen LogP contribution in [0.3, 0.4) is 0 Å². The number of halogens is 2. The van der Waals surface area contributed by atoms with Crippen molar-refractivity contribution in [2.45, 2.75) is 20.1 Å². The molecule has 0 atom stereocenters. The number of methoxy groups -OCH3 is 1. The van der Waals surface area contributed by atoms with E-state index in [0.29, 0.717) is 23.8 Å². The second kappa shape index (κ2) is 10.6. The van der Waals surface area contributed by atoms with Crippen LogP contribution in [0.5, 0.6) is 11.5 Å². The fourth-order valence-electron chi connectivity index (χ4n) is 3.16. The Morgan fingerprint density at radius 1 is 1.20 bits per heavy atom. The molecule has 0 unspecified atom stereocenters. The van der Waals surface area contributed by atoms with E-state index in [9.17, 15) is 8.78 Å². The van der Waals surface area contributed by atoms with E-state index >= 15 is 0 Å². The summed E-state index contributed by atoms with van der Waals surface area (Å²) in [5, 5.41) is 3.27. The van der Waals surface area contributed by atoms with Gasteiger partial charge in [-0.2, -0.15) is 8.78 Å². The summed E-state index contributed by atoms with van der Waals surface area (Å²) in [5.74, 6) is 1.95. The van der Waals surface area contributed by atoms with E-state index in [1.807, 2.05) is 6.92 Å². The Bertz CT molecular complexity index is 829. The van der Waals surface area contributed by atoms with E-state index in [1.54, 1.807) is 30.6 Å². The minimum Gasteiger partial charge on any atom is -0.497 e. The van der Waals surface area contributed by atoms with Crippen LogP contribution in [0.15, 0.2) is 41.7 Å². The largest absolute Gasteiger partial charge is 0.497 e. The van der Waals surface area contributed by atoms with E-state index < -0.39 is 6.61 Å². The van der Waals surface area contributed by atoms with Crippen LogP contribution in [-0.2, 0) is 6.54 Å². The fourth-order valence-corrected chi connectivity index (χ4v) is 3.16. The van der Waals surface area contributed by atoms with E-state index in [2.05, 4.69) is 34.8 Å². The highest BCUT2D eigenvalue weighted by Crippen LogP contribution is 2.27. The lowest BCUT2D eigenvalue weighted by Gasteiger charge is -2.36. The molecule has 2 aromatic rings. The SMILES string of the molecule is CCNC(=NCc1ccc(OC)cc1OC(F)F)N1CCN(c2ncccn2)CC1. The predicted molar refractivity (Wildman–Crippen MR) is 110 cm³/mol. The molecule has 10 heteroatoms. The first-order valence-corrected chi connectivity index (χ1v) is 9.77. The molecule has 0 aliphatic carbocycles. The average molecular weight is 420 g/mol. The Morgan fingerprint density at radius 2 is 1.93 bits per heavy atom. The molecular weight excluding hydrogens is 394 g/mol. The van der Waals surface area contributed by atoms with Crippen LogP contribution in [-0.4, -0.2) is 67.3 Å². The maximum absolute atomic E-state index is 12.8. The number of nitrogens with zero attached hydrogens (tertiary/aromatic N) is 5. The van der Waals surface area contributed by atoms with Crippen LogP contribution in [0.4, 0.5) is 14.7 Å². The molecular formula is C20H26F2N6O2. The van der Waals surface area contributed by atoms with Crippen LogP contribution in [0.2, 0.25) is 0 Å². The monoisotopic (exact) mass is 420 g/mol. The van der Waals surface area contributed by atoms with Gasteiger partial charge < -0.3 is 24.6 Å². The number of anilines is 1. The number of aromatic nitrogens is 2. The van der Waals surface area contributed by atoms with Crippen molar-refractivity contribution >= 4 is 11.9 Å². The normalized spacial score (nSPS) is 14.8. The number of rotatable bonds is 7. The second-order valence-electron chi connectivity index (χ2n) is 6.55. The van der Waals surface area contributed by atoms with Crippen molar-refractivity contribution in [3.8, 4) is 11.5 Å². The molecule has 0 saturated carbocycles. The lowest BCUT2D eigenvalue weighted by molar-refractivity contribution is -0.0505. The third-order valence-electron chi connectivity index (χ3n) is 4.64. The predicted octanol–water partition coefficient (Wildman–Crippen LogP) is 2.37. The first-order valence-electron chi connectivity index (χ1n) is 9.77. The van der Waals surface area contributed by atoms with Gasteiger partial charge >= 0.3 is 6.61 Å². The molecule has 1 aliphatic rings. The molecule has 2 heterocycles. The van der Waals surface area contributed by atoms with Crippen LogP contribution in [0.1, 0.15) is 12.5 Å². The summed E-state index contributed by atoms with van der Waals surface area (Å²) in [5.41, 5.74) is 0.558. The van der Waals surface area contributed by atoms with Crippen LogP contribution >= 0.6 is 0 Å². The Labute approximate surface area is 174 Å². The highest BCUT2D eigenvalue weighted by atomic mass is 19.3. The van der Waals surface area contributed by atoms with E-state index in [1.165, 1.54) is 13.2 Å². The Kier molecular flexibility index (Phi) is 7.58. The maximum Gasteiger partial charge on any atom is 0.387 e. The lowest BCUT2D eigenvalue weighted by Crippen LogP contribution is -2.52. The van der Waals surface area contributed by atoms with Gasteiger partial charge in [0, 0.05) is 56.7 Å². The number of piperazine rings is 1. The second-order valence-corrected chi connectivity index (χ2v) is 6.55. The van der Waals surface area contributed by atoms with Crippen molar-refractivity contribution < 1.29 is 18.3 Å². The average Bonchev–Trinajstić information content (AvgIpc) is 2.77. The van der Waals surface area contributed by atoms with Crippen LogP contribution in [0, 0.1) is 0 Å². The molecule has 8 nitrogen and oxygen atoms in total. The van der Waals surface area contributed by atoms with E-state index in [-0.39, 0.29) is 12.3 Å². The summed E-state index contributed by atoms with van der Waals surface area (Å²) in [6.07, 6.45) is 3.46. The molecule has 0 spiro atoms. The minimum atomic E-state index is -2.92. The number of aliphatic imine (C=N–C) groups is 1. The molecule has 162 valence electrons. The van der Waals surface area contributed by atoms with Gasteiger partial charge in [0.15, 0.2) is 5.96 Å². The topological polar surface area (TPSA) is 75.1 Å². The zero-order chi connectivity index (χ0) is 21.3. The standard InChI is InChI=1S/C20H26F2N6O2/c1-3-23-19(27-9-11-28(12-10-27)20-24-7-4-8-25-20)26-14-15-5-6-16(29-2)13-17(15)30-18(21)22/h4-8,13,18H,3,9-12,14H2,1-2H3,(H,23,26). The zero-order valence-electron chi connectivity index (χ0n) is 17.1. The highest BCUT2D eigenvalue weighted by molar-refractivity contribution is 5.80. The summed E-state index contributed by atoms with van der Waals surface area (Å²) in [6, 6.07) is 6.63. The van der Waals surface area contributed by atoms with Crippen molar-refractivity contribution in [1.29, 1.82) is 0 Å². The van der Waals surface area contributed by atoms with E-state index in [4.69, 9.17) is 4.74 Å². The molecule has 3 rings (SSSR count). The summed E-state index contributed by atoms with van der Waals surface area (Å²) in [6.45, 7) is 2.98. The number of guanidine groups is 1. The number of ether oxygens (including phenoxy) is 2. The molecule has 30 heavy (non-hydrogen) atoms. The number of hydrogen-bond acceptors (Lipinski definition) is 6. The maximum atomic E-state index is 12.8. The van der Waals surface area contributed by atoms with Gasteiger partial charge in [0.2, 0.25) is 5.95 Å². The molecule has 1 aromatic heterocycles. The van der Waals surface area contributed by atoms with Crippen molar-refractivity contribution in [2.75, 3.05) is 44.7 Å². The molecule has 1 fully saturated rings. The smallest absolute Gasteiger partial charge is 0.387 e. The third kappa shape index (κ3) is 5.68. The van der Waals surface area contributed by atoms with Gasteiger partial charge in [-0.15, -0.1) is 0 Å². The molecule has 0 bridgehead atoms. The van der Waals surface area contributed by atoms with Crippen LogP contribution < -0.4 is 19.7 Å². The third-order valence-corrected chi connectivity index (χ3v) is 4.64. The number of benzene rings is 1. The first-order chi connectivity index (χ1) is 14.6. The van der Waals surface area contributed by atoms with Crippen molar-refractivity contribution in [3.05, 3.63) is 42.2 Å². The Hall–Kier alpha value is -3.17.